The maximum absolute atomic E-state index is 12.7. The summed E-state index contributed by atoms with van der Waals surface area (Å²) in [6, 6.07) is 8.17. The topological polar surface area (TPSA) is 70.1 Å². The molecule has 0 radical (unpaired) electrons. The fourth-order valence-corrected chi connectivity index (χ4v) is 4.46. The molecule has 0 fully saturated rings. The number of para-hydroxylation sites is 1. The summed E-state index contributed by atoms with van der Waals surface area (Å²) in [7, 11) is 3.70. The Morgan fingerprint density at radius 3 is 2.94 bits per heavy atom. The van der Waals surface area contributed by atoms with Crippen LogP contribution in [-0.2, 0) is 22.5 Å². The first-order chi connectivity index (χ1) is 15.0. The van der Waals surface area contributed by atoms with Crippen molar-refractivity contribution in [2.45, 2.75) is 45.8 Å². The Bertz CT molecular complexity index is 904. The lowest BCUT2D eigenvalue weighted by Gasteiger charge is -2.21. The summed E-state index contributed by atoms with van der Waals surface area (Å²) in [5, 5.41) is 6.38. The third kappa shape index (κ3) is 6.89. The highest BCUT2D eigenvalue weighted by molar-refractivity contribution is 14.0. The average molecular weight is 572 g/mol. The monoisotopic (exact) mass is 571 g/mol. The standard InChI is InChI=1S/C23H33N5O2S.HI/c1-5-24-23(27(3)15-19-16-31-22(26-19)17(2)30-4)25-13-8-11-21(29)28-14-12-18-9-6-7-10-20(18)28;/h6-7,9-10,16-17H,5,8,11-15H2,1-4H3,(H,24,25);1H. The van der Waals surface area contributed by atoms with E-state index in [1.54, 1.807) is 18.4 Å². The number of nitrogens with zero attached hydrogens (tertiary/aromatic N) is 4. The van der Waals surface area contributed by atoms with Crippen molar-refractivity contribution >= 4 is 52.9 Å². The average Bonchev–Trinajstić information content (AvgIpc) is 3.42. The molecule has 1 unspecified atom stereocenters. The van der Waals surface area contributed by atoms with E-state index in [1.165, 1.54) is 5.56 Å². The fourth-order valence-electron chi connectivity index (χ4n) is 3.62. The zero-order valence-corrected chi connectivity index (χ0v) is 22.5. The van der Waals surface area contributed by atoms with Crippen LogP contribution in [0, 0.1) is 0 Å². The van der Waals surface area contributed by atoms with Gasteiger partial charge in [-0.15, -0.1) is 35.3 Å². The number of ether oxygens (including phenoxy) is 1. The van der Waals surface area contributed by atoms with Crippen LogP contribution in [0.1, 0.15) is 49.1 Å². The van der Waals surface area contributed by atoms with Crippen LogP contribution in [0.15, 0.2) is 34.6 Å². The van der Waals surface area contributed by atoms with E-state index in [2.05, 4.69) is 33.6 Å². The van der Waals surface area contributed by atoms with Crippen LogP contribution >= 0.6 is 35.3 Å². The molecule has 2 aromatic rings. The van der Waals surface area contributed by atoms with Crippen molar-refractivity contribution in [2.75, 3.05) is 38.7 Å². The Kier molecular flexibility index (Phi) is 10.9. The first-order valence-electron chi connectivity index (χ1n) is 10.9. The Labute approximate surface area is 212 Å². The summed E-state index contributed by atoms with van der Waals surface area (Å²) in [6.07, 6.45) is 2.18. The highest BCUT2D eigenvalue weighted by atomic mass is 127. The summed E-state index contributed by atoms with van der Waals surface area (Å²) in [6.45, 7) is 6.90. The second-order valence-electron chi connectivity index (χ2n) is 7.67. The van der Waals surface area contributed by atoms with Gasteiger partial charge in [0.2, 0.25) is 5.91 Å². The van der Waals surface area contributed by atoms with E-state index in [4.69, 9.17) is 9.73 Å². The van der Waals surface area contributed by atoms with E-state index in [0.29, 0.717) is 19.5 Å². The van der Waals surface area contributed by atoms with Gasteiger partial charge < -0.3 is 19.9 Å². The molecular formula is C23H34IN5O2S. The predicted octanol–water partition coefficient (Wildman–Crippen LogP) is 4.24. The minimum Gasteiger partial charge on any atom is -0.375 e. The number of aliphatic imine (C=N–C) groups is 1. The van der Waals surface area contributed by atoms with Gasteiger partial charge in [0.25, 0.3) is 0 Å². The Hall–Kier alpha value is -1.72. The van der Waals surface area contributed by atoms with Gasteiger partial charge in [-0.25, -0.2) is 4.98 Å². The Balaban J connectivity index is 0.00000363. The van der Waals surface area contributed by atoms with Gasteiger partial charge in [-0.05, 0) is 38.3 Å². The molecule has 0 bridgehead atoms. The zero-order chi connectivity index (χ0) is 22.2. The Morgan fingerprint density at radius 1 is 1.41 bits per heavy atom. The highest BCUT2D eigenvalue weighted by Crippen LogP contribution is 2.28. The van der Waals surface area contributed by atoms with Crippen molar-refractivity contribution in [3.8, 4) is 0 Å². The molecule has 1 amide bonds. The molecule has 32 heavy (non-hydrogen) atoms. The van der Waals surface area contributed by atoms with Gasteiger partial charge in [-0.2, -0.15) is 0 Å². The molecule has 1 aromatic heterocycles. The van der Waals surface area contributed by atoms with Crippen molar-refractivity contribution in [1.82, 2.24) is 15.2 Å². The molecular weight excluding hydrogens is 537 g/mol. The molecule has 0 saturated heterocycles. The number of fused-ring (bicyclic) bond motifs is 1. The van der Waals surface area contributed by atoms with Crippen molar-refractivity contribution < 1.29 is 9.53 Å². The van der Waals surface area contributed by atoms with Crippen LogP contribution in [-0.4, -0.2) is 55.5 Å². The number of rotatable bonds is 9. The fraction of sp³-hybridized carbons (Fsp3) is 0.522. The number of hydrogen-bond donors (Lipinski definition) is 1. The number of anilines is 1. The number of carbonyl (C=O) groups excluding carboxylic acids is 1. The van der Waals surface area contributed by atoms with Crippen molar-refractivity contribution in [3.05, 3.63) is 45.9 Å². The normalized spacial score (nSPS) is 14.0. The number of amides is 1. The number of benzene rings is 1. The van der Waals surface area contributed by atoms with Gasteiger partial charge in [0.05, 0.1) is 12.2 Å². The van der Waals surface area contributed by atoms with E-state index in [0.717, 1.165) is 48.3 Å². The minimum absolute atomic E-state index is 0. The molecule has 0 aliphatic carbocycles. The lowest BCUT2D eigenvalue weighted by molar-refractivity contribution is -0.118. The summed E-state index contributed by atoms with van der Waals surface area (Å²) in [5.41, 5.74) is 3.32. The number of nitrogens with one attached hydrogen (secondary N) is 1. The summed E-state index contributed by atoms with van der Waals surface area (Å²) < 4.78 is 5.35. The van der Waals surface area contributed by atoms with Crippen LogP contribution < -0.4 is 10.2 Å². The minimum atomic E-state index is 0. The van der Waals surface area contributed by atoms with Crippen LogP contribution in [0.25, 0.3) is 0 Å². The third-order valence-corrected chi connectivity index (χ3v) is 6.42. The molecule has 1 aliphatic heterocycles. The molecule has 7 nitrogen and oxygen atoms in total. The van der Waals surface area contributed by atoms with Crippen molar-refractivity contribution in [3.63, 3.8) is 0 Å². The van der Waals surface area contributed by atoms with Crippen LogP contribution in [0.3, 0.4) is 0 Å². The summed E-state index contributed by atoms with van der Waals surface area (Å²) in [4.78, 5) is 26.0. The molecule has 1 atom stereocenters. The van der Waals surface area contributed by atoms with E-state index in [-0.39, 0.29) is 36.0 Å². The maximum Gasteiger partial charge on any atom is 0.227 e. The van der Waals surface area contributed by atoms with Crippen molar-refractivity contribution in [2.24, 2.45) is 4.99 Å². The molecule has 0 saturated carbocycles. The third-order valence-electron chi connectivity index (χ3n) is 5.37. The SMILES string of the molecule is CCNC(=NCCCC(=O)N1CCc2ccccc21)N(C)Cc1csc(C(C)OC)n1.I. The molecule has 9 heteroatoms. The van der Waals surface area contributed by atoms with Gasteiger partial charge >= 0.3 is 0 Å². The largest absolute Gasteiger partial charge is 0.375 e. The second kappa shape index (κ2) is 13.1. The van der Waals surface area contributed by atoms with E-state index >= 15 is 0 Å². The first kappa shape index (κ1) is 26.5. The van der Waals surface area contributed by atoms with Gasteiger partial charge in [0.1, 0.15) is 11.1 Å². The molecule has 1 aromatic carbocycles. The van der Waals surface area contributed by atoms with E-state index in [1.807, 2.05) is 37.1 Å². The number of aromatic nitrogens is 1. The van der Waals surface area contributed by atoms with Crippen molar-refractivity contribution in [1.29, 1.82) is 0 Å². The molecule has 1 aliphatic rings. The van der Waals surface area contributed by atoms with Gasteiger partial charge in [0.15, 0.2) is 5.96 Å². The predicted molar refractivity (Wildman–Crippen MR) is 142 cm³/mol. The molecule has 176 valence electrons. The number of methoxy groups -OCH3 is 1. The number of hydrogen-bond acceptors (Lipinski definition) is 5. The number of thiazole rings is 1. The highest BCUT2D eigenvalue weighted by Gasteiger charge is 2.23. The van der Waals surface area contributed by atoms with Gasteiger partial charge in [-0.1, -0.05) is 18.2 Å². The van der Waals surface area contributed by atoms with Crippen LogP contribution in [0.4, 0.5) is 5.69 Å². The summed E-state index contributed by atoms with van der Waals surface area (Å²) in [5.74, 6) is 1.01. The smallest absolute Gasteiger partial charge is 0.227 e. The lowest BCUT2D eigenvalue weighted by atomic mass is 10.2. The van der Waals surface area contributed by atoms with Crippen LogP contribution in [0.5, 0.6) is 0 Å². The Morgan fingerprint density at radius 2 is 2.19 bits per heavy atom. The van der Waals surface area contributed by atoms with Crippen LogP contribution in [0.2, 0.25) is 0 Å². The second-order valence-corrected chi connectivity index (χ2v) is 8.56. The molecule has 1 N–H and O–H groups in total. The molecule has 2 heterocycles. The number of guanidine groups is 1. The zero-order valence-electron chi connectivity index (χ0n) is 19.3. The van der Waals surface area contributed by atoms with E-state index in [9.17, 15) is 4.79 Å². The number of carbonyl (C=O) groups is 1. The van der Waals surface area contributed by atoms with E-state index < -0.39 is 0 Å². The molecule has 3 rings (SSSR count). The van der Waals surface area contributed by atoms with Gasteiger partial charge in [-0.3, -0.25) is 9.79 Å². The molecule has 0 spiro atoms. The maximum atomic E-state index is 12.7. The first-order valence-corrected chi connectivity index (χ1v) is 11.8. The lowest BCUT2D eigenvalue weighted by Crippen LogP contribution is -2.38. The van der Waals surface area contributed by atoms with Gasteiger partial charge in [0, 0.05) is 51.3 Å². The summed E-state index contributed by atoms with van der Waals surface area (Å²) >= 11 is 1.62. The number of halogens is 1. The quantitative estimate of drug-likeness (QED) is 0.211.